The SMILES string of the molecule is COc1ccccc1CC(C)NC1CCC(=O)NC1=O. The summed E-state index contributed by atoms with van der Waals surface area (Å²) in [6.45, 7) is 2.02. The molecule has 1 aliphatic rings. The van der Waals surface area contributed by atoms with Crippen LogP contribution >= 0.6 is 0 Å². The predicted octanol–water partition coefficient (Wildman–Crippen LogP) is 1.02. The number of carbonyl (C=O) groups excluding carboxylic acids is 2. The number of carbonyl (C=O) groups is 2. The Bertz CT molecular complexity index is 502. The Morgan fingerprint density at radius 1 is 1.40 bits per heavy atom. The second-order valence-electron chi connectivity index (χ2n) is 5.09. The van der Waals surface area contributed by atoms with Gasteiger partial charge in [-0.2, -0.15) is 0 Å². The van der Waals surface area contributed by atoms with Crippen molar-refractivity contribution in [2.45, 2.75) is 38.3 Å². The highest BCUT2D eigenvalue weighted by Crippen LogP contribution is 2.19. The van der Waals surface area contributed by atoms with Gasteiger partial charge in [-0.15, -0.1) is 0 Å². The molecule has 0 spiro atoms. The fourth-order valence-corrected chi connectivity index (χ4v) is 2.46. The fraction of sp³-hybridized carbons (Fsp3) is 0.467. The third-order valence-corrected chi connectivity index (χ3v) is 3.44. The Balaban J connectivity index is 1.93. The van der Waals surface area contributed by atoms with Crippen molar-refractivity contribution in [3.05, 3.63) is 29.8 Å². The molecule has 0 radical (unpaired) electrons. The monoisotopic (exact) mass is 276 g/mol. The molecule has 5 nitrogen and oxygen atoms in total. The minimum atomic E-state index is -0.294. The van der Waals surface area contributed by atoms with Gasteiger partial charge in [0.25, 0.3) is 0 Å². The summed E-state index contributed by atoms with van der Waals surface area (Å²) >= 11 is 0. The highest BCUT2D eigenvalue weighted by molar-refractivity contribution is 6.00. The van der Waals surface area contributed by atoms with E-state index < -0.39 is 0 Å². The zero-order valence-electron chi connectivity index (χ0n) is 11.8. The highest BCUT2D eigenvalue weighted by Gasteiger charge is 2.27. The van der Waals surface area contributed by atoms with Crippen LogP contribution in [-0.4, -0.2) is 31.0 Å². The number of imide groups is 1. The van der Waals surface area contributed by atoms with Crippen LogP contribution in [0, 0.1) is 0 Å². The van der Waals surface area contributed by atoms with E-state index in [1.165, 1.54) is 0 Å². The van der Waals surface area contributed by atoms with Crippen LogP contribution in [0.4, 0.5) is 0 Å². The summed E-state index contributed by atoms with van der Waals surface area (Å²) in [5.41, 5.74) is 1.10. The van der Waals surface area contributed by atoms with E-state index in [9.17, 15) is 9.59 Å². The van der Waals surface area contributed by atoms with Gasteiger partial charge in [-0.1, -0.05) is 18.2 Å². The average Bonchev–Trinajstić information content (AvgIpc) is 2.42. The summed E-state index contributed by atoms with van der Waals surface area (Å²) in [4.78, 5) is 22.8. The van der Waals surface area contributed by atoms with E-state index in [0.717, 1.165) is 17.7 Å². The smallest absolute Gasteiger partial charge is 0.243 e. The van der Waals surface area contributed by atoms with Gasteiger partial charge < -0.3 is 10.1 Å². The van der Waals surface area contributed by atoms with Crippen LogP contribution in [-0.2, 0) is 16.0 Å². The number of methoxy groups -OCH3 is 1. The standard InChI is InChI=1S/C15H20N2O3/c1-10(9-11-5-3-4-6-13(11)20-2)16-12-7-8-14(18)17-15(12)19/h3-6,10,12,16H,7-9H2,1-2H3,(H,17,18,19). The summed E-state index contributed by atoms with van der Waals surface area (Å²) < 4.78 is 5.32. The summed E-state index contributed by atoms with van der Waals surface area (Å²) in [5, 5.41) is 5.63. The second kappa shape index (κ2) is 6.52. The number of nitrogens with one attached hydrogen (secondary N) is 2. The molecule has 20 heavy (non-hydrogen) atoms. The number of amides is 2. The van der Waals surface area contributed by atoms with Crippen LogP contribution in [0.25, 0.3) is 0 Å². The summed E-state index contributed by atoms with van der Waals surface area (Å²) in [7, 11) is 1.65. The quantitative estimate of drug-likeness (QED) is 0.788. The molecular formula is C15H20N2O3. The molecule has 5 heteroatoms. The van der Waals surface area contributed by atoms with Crippen molar-refractivity contribution in [3.63, 3.8) is 0 Å². The normalized spacial score (nSPS) is 20.4. The van der Waals surface area contributed by atoms with Crippen LogP contribution in [0.15, 0.2) is 24.3 Å². The molecular weight excluding hydrogens is 256 g/mol. The third-order valence-electron chi connectivity index (χ3n) is 3.44. The predicted molar refractivity (Wildman–Crippen MR) is 75.5 cm³/mol. The fourth-order valence-electron chi connectivity index (χ4n) is 2.46. The maximum Gasteiger partial charge on any atom is 0.243 e. The summed E-state index contributed by atoms with van der Waals surface area (Å²) in [6.07, 6.45) is 1.72. The van der Waals surface area contributed by atoms with Gasteiger partial charge in [0.1, 0.15) is 5.75 Å². The Morgan fingerprint density at radius 2 is 2.15 bits per heavy atom. The molecule has 1 saturated heterocycles. The minimum Gasteiger partial charge on any atom is -0.496 e. The lowest BCUT2D eigenvalue weighted by atomic mass is 10.0. The van der Waals surface area contributed by atoms with Gasteiger partial charge in [0.15, 0.2) is 0 Å². The Morgan fingerprint density at radius 3 is 2.85 bits per heavy atom. The van der Waals surface area contributed by atoms with Crippen LogP contribution < -0.4 is 15.4 Å². The highest BCUT2D eigenvalue weighted by atomic mass is 16.5. The molecule has 2 N–H and O–H groups in total. The first-order chi connectivity index (χ1) is 9.60. The molecule has 1 aromatic carbocycles. The minimum absolute atomic E-state index is 0.121. The van der Waals surface area contributed by atoms with Crippen molar-refractivity contribution in [2.75, 3.05) is 7.11 Å². The van der Waals surface area contributed by atoms with Gasteiger partial charge in [-0.3, -0.25) is 14.9 Å². The Kier molecular flexibility index (Phi) is 4.74. The van der Waals surface area contributed by atoms with Gasteiger partial charge in [-0.25, -0.2) is 0 Å². The lowest BCUT2D eigenvalue weighted by Crippen LogP contribution is -2.53. The van der Waals surface area contributed by atoms with Crippen molar-refractivity contribution in [2.24, 2.45) is 0 Å². The molecule has 1 fully saturated rings. The van der Waals surface area contributed by atoms with E-state index in [1.54, 1.807) is 7.11 Å². The van der Waals surface area contributed by atoms with E-state index in [0.29, 0.717) is 12.8 Å². The van der Waals surface area contributed by atoms with Crippen molar-refractivity contribution < 1.29 is 14.3 Å². The third kappa shape index (κ3) is 3.57. The van der Waals surface area contributed by atoms with Gasteiger partial charge >= 0.3 is 0 Å². The molecule has 2 rings (SSSR count). The van der Waals surface area contributed by atoms with Gasteiger partial charge in [0.05, 0.1) is 13.2 Å². The lowest BCUT2D eigenvalue weighted by molar-refractivity contribution is -0.134. The number of rotatable bonds is 5. The molecule has 2 amide bonds. The van der Waals surface area contributed by atoms with E-state index >= 15 is 0 Å². The number of piperidine rings is 1. The van der Waals surface area contributed by atoms with E-state index in [2.05, 4.69) is 10.6 Å². The first kappa shape index (κ1) is 14.5. The van der Waals surface area contributed by atoms with Gasteiger partial charge in [0.2, 0.25) is 11.8 Å². The molecule has 1 aromatic rings. The molecule has 108 valence electrons. The topological polar surface area (TPSA) is 67.4 Å². The molecule has 2 atom stereocenters. The molecule has 0 aromatic heterocycles. The largest absolute Gasteiger partial charge is 0.496 e. The maximum absolute atomic E-state index is 11.7. The molecule has 0 saturated carbocycles. The van der Waals surface area contributed by atoms with Crippen LogP contribution in [0.5, 0.6) is 5.75 Å². The Labute approximate surface area is 118 Å². The summed E-state index contributed by atoms with van der Waals surface area (Å²) in [6, 6.07) is 7.67. The lowest BCUT2D eigenvalue weighted by Gasteiger charge is -2.25. The number of benzene rings is 1. The zero-order chi connectivity index (χ0) is 14.5. The maximum atomic E-state index is 11.7. The van der Waals surface area contributed by atoms with Crippen molar-refractivity contribution in [1.29, 1.82) is 0 Å². The number of hydrogen-bond acceptors (Lipinski definition) is 4. The molecule has 2 unspecified atom stereocenters. The molecule has 1 aliphatic heterocycles. The van der Waals surface area contributed by atoms with Crippen molar-refractivity contribution >= 4 is 11.8 Å². The van der Waals surface area contributed by atoms with E-state index in [1.807, 2.05) is 31.2 Å². The molecule has 0 bridgehead atoms. The van der Waals surface area contributed by atoms with Crippen LogP contribution in [0.2, 0.25) is 0 Å². The first-order valence-corrected chi connectivity index (χ1v) is 6.81. The van der Waals surface area contributed by atoms with Crippen LogP contribution in [0.3, 0.4) is 0 Å². The van der Waals surface area contributed by atoms with Gasteiger partial charge in [-0.05, 0) is 31.4 Å². The molecule has 0 aliphatic carbocycles. The molecule has 1 heterocycles. The van der Waals surface area contributed by atoms with Gasteiger partial charge in [0, 0.05) is 12.5 Å². The average molecular weight is 276 g/mol. The van der Waals surface area contributed by atoms with Crippen LogP contribution in [0.1, 0.15) is 25.3 Å². The second-order valence-corrected chi connectivity index (χ2v) is 5.09. The summed E-state index contributed by atoms with van der Waals surface area (Å²) in [5.74, 6) is 0.433. The zero-order valence-corrected chi connectivity index (χ0v) is 11.8. The number of ether oxygens (including phenoxy) is 1. The Hall–Kier alpha value is -1.88. The number of hydrogen-bond donors (Lipinski definition) is 2. The number of para-hydroxylation sites is 1. The van der Waals surface area contributed by atoms with Crippen molar-refractivity contribution in [3.8, 4) is 5.75 Å². The van der Waals surface area contributed by atoms with Crippen molar-refractivity contribution in [1.82, 2.24) is 10.6 Å². The first-order valence-electron chi connectivity index (χ1n) is 6.81. The van der Waals surface area contributed by atoms with E-state index in [4.69, 9.17) is 4.74 Å². The van der Waals surface area contributed by atoms with E-state index in [-0.39, 0.29) is 23.9 Å².